The van der Waals surface area contributed by atoms with Gasteiger partial charge in [0.25, 0.3) is 5.22 Å². The van der Waals surface area contributed by atoms with Gasteiger partial charge >= 0.3 is 0 Å². The summed E-state index contributed by atoms with van der Waals surface area (Å²) in [7, 11) is 0. The highest BCUT2D eigenvalue weighted by molar-refractivity contribution is 7.99. The molecule has 5 heteroatoms. The second-order valence-electron chi connectivity index (χ2n) is 3.37. The third-order valence-corrected chi connectivity index (χ3v) is 3.04. The maximum atomic E-state index is 5.36. The molecule has 14 heavy (non-hydrogen) atoms. The van der Waals surface area contributed by atoms with Gasteiger partial charge in [0.2, 0.25) is 5.89 Å². The number of aromatic nitrogens is 2. The molecule has 0 amide bonds. The van der Waals surface area contributed by atoms with Crippen LogP contribution < -0.4 is 5.73 Å². The van der Waals surface area contributed by atoms with E-state index in [1.807, 2.05) is 0 Å². The minimum absolute atomic E-state index is 0.318. The van der Waals surface area contributed by atoms with Crippen molar-refractivity contribution in [2.75, 3.05) is 5.75 Å². The predicted molar refractivity (Wildman–Crippen MR) is 57.0 cm³/mol. The molecule has 4 nitrogen and oxygen atoms in total. The summed E-state index contributed by atoms with van der Waals surface area (Å²) in [6.07, 6.45) is 2.46. The van der Waals surface area contributed by atoms with E-state index in [-0.39, 0.29) is 0 Å². The standard InChI is InChI=1S/C9H17N3OS/c1-3-4-7(2)6-14-9-12-11-8(5-10)13-9/h7H,3-6,10H2,1-2H3. The maximum absolute atomic E-state index is 5.36. The first-order valence-electron chi connectivity index (χ1n) is 4.91. The number of hydrogen-bond donors (Lipinski definition) is 1. The van der Waals surface area contributed by atoms with E-state index in [4.69, 9.17) is 10.2 Å². The van der Waals surface area contributed by atoms with E-state index in [0.29, 0.717) is 23.6 Å². The Labute approximate surface area is 88.7 Å². The highest BCUT2D eigenvalue weighted by atomic mass is 32.2. The average molecular weight is 215 g/mol. The van der Waals surface area contributed by atoms with Crippen LogP contribution >= 0.6 is 11.8 Å². The van der Waals surface area contributed by atoms with Crippen molar-refractivity contribution in [3.05, 3.63) is 5.89 Å². The van der Waals surface area contributed by atoms with E-state index >= 15 is 0 Å². The molecule has 1 aromatic heterocycles. The molecule has 1 atom stereocenters. The van der Waals surface area contributed by atoms with Crippen LogP contribution in [0.4, 0.5) is 0 Å². The molecule has 1 rings (SSSR count). The number of nitrogens with zero attached hydrogens (tertiary/aromatic N) is 2. The SMILES string of the molecule is CCCC(C)CSc1nnc(CN)o1. The number of hydrogen-bond acceptors (Lipinski definition) is 5. The lowest BCUT2D eigenvalue weighted by atomic mass is 10.1. The second-order valence-corrected chi connectivity index (χ2v) is 4.34. The van der Waals surface area contributed by atoms with Crippen molar-refractivity contribution < 1.29 is 4.42 Å². The largest absolute Gasteiger partial charge is 0.415 e. The van der Waals surface area contributed by atoms with Gasteiger partial charge in [0, 0.05) is 5.75 Å². The average Bonchev–Trinajstić information content (AvgIpc) is 2.63. The fraction of sp³-hybridized carbons (Fsp3) is 0.778. The summed E-state index contributed by atoms with van der Waals surface area (Å²) >= 11 is 1.61. The fourth-order valence-electron chi connectivity index (χ4n) is 1.17. The summed E-state index contributed by atoms with van der Waals surface area (Å²) in [4.78, 5) is 0. The van der Waals surface area contributed by atoms with Gasteiger partial charge in [0.05, 0.1) is 6.54 Å². The Kier molecular flexibility index (Phi) is 4.97. The highest BCUT2D eigenvalue weighted by Crippen LogP contribution is 2.20. The van der Waals surface area contributed by atoms with Crippen molar-refractivity contribution in [2.24, 2.45) is 11.7 Å². The molecular formula is C9H17N3OS. The van der Waals surface area contributed by atoms with Gasteiger partial charge in [-0.3, -0.25) is 0 Å². The number of nitrogens with two attached hydrogens (primary N) is 1. The van der Waals surface area contributed by atoms with Crippen LogP contribution in [-0.2, 0) is 6.54 Å². The first-order valence-corrected chi connectivity index (χ1v) is 5.90. The molecule has 80 valence electrons. The lowest BCUT2D eigenvalue weighted by Crippen LogP contribution is -1.96. The molecule has 0 aliphatic carbocycles. The molecule has 0 saturated carbocycles. The number of thioether (sulfide) groups is 1. The smallest absolute Gasteiger partial charge is 0.276 e. The van der Waals surface area contributed by atoms with E-state index in [2.05, 4.69) is 24.0 Å². The lowest BCUT2D eigenvalue weighted by Gasteiger charge is -2.06. The molecule has 0 aromatic carbocycles. The van der Waals surface area contributed by atoms with Crippen LogP contribution in [0.2, 0.25) is 0 Å². The lowest BCUT2D eigenvalue weighted by molar-refractivity contribution is 0.414. The Morgan fingerprint density at radius 2 is 2.29 bits per heavy atom. The predicted octanol–water partition coefficient (Wildman–Crippen LogP) is 2.06. The van der Waals surface area contributed by atoms with Crippen LogP contribution in [0, 0.1) is 5.92 Å². The zero-order valence-electron chi connectivity index (χ0n) is 8.69. The molecule has 0 aliphatic rings. The molecule has 0 bridgehead atoms. The Morgan fingerprint density at radius 3 is 2.86 bits per heavy atom. The van der Waals surface area contributed by atoms with Crippen molar-refractivity contribution in [2.45, 2.75) is 38.5 Å². The second kappa shape index (κ2) is 6.03. The summed E-state index contributed by atoms with van der Waals surface area (Å²) in [6, 6.07) is 0. The summed E-state index contributed by atoms with van der Waals surface area (Å²) in [5.41, 5.74) is 5.36. The van der Waals surface area contributed by atoms with Crippen molar-refractivity contribution in [1.29, 1.82) is 0 Å². The van der Waals surface area contributed by atoms with Crippen molar-refractivity contribution in [3.8, 4) is 0 Å². The molecule has 2 N–H and O–H groups in total. The Hall–Kier alpha value is -0.550. The van der Waals surface area contributed by atoms with Crippen LogP contribution in [0.1, 0.15) is 32.6 Å². The minimum Gasteiger partial charge on any atom is -0.415 e. The molecule has 0 saturated heterocycles. The molecule has 0 aliphatic heterocycles. The van der Waals surface area contributed by atoms with E-state index < -0.39 is 0 Å². The molecule has 0 spiro atoms. The molecule has 1 unspecified atom stereocenters. The summed E-state index contributed by atoms with van der Waals surface area (Å²) in [5, 5.41) is 8.31. The van der Waals surface area contributed by atoms with Crippen molar-refractivity contribution >= 4 is 11.8 Å². The van der Waals surface area contributed by atoms with E-state index in [1.54, 1.807) is 11.8 Å². The molecule has 1 heterocycles. The van der Waals surface area contributed by atoms with Crippen LogP contribution in [0.5, 0.6) is 0 Å². The first kappa shape index (κ1) is 11.5. The molecule has 0 radical (unpaired) electrons. The topological polar surface area (TPSA) is 64.9 Å². The van der Waals surface area contributed by atoms with Gasteiger partial charge in [-0.1, -0.05) is 38.5 Å². The van der Waals surface area contributed by atoms with Crippen LogP contribution in [0.25, 0.3) is 0 Å². The van der Waals surface area contributed by atoms with Crippen LogP contribution in [0.15, 0.2) is 9.64 Å². The third-order valence-electron chi connectivity index (χ3n) is 1.90. The summed E-state index contributed by atoms with van der Waals surface area (Å²) < 4.78 is 5.28. The Morgan fingerprint density at radius 1 is 1.50 bits per heavy atom. The summed E-state index contributed by atoms with van der Waals surface area (Å²) in [5.74, 6) is 2.23. The van der Waals surface area contributed by atoms with Crippen LogP contribution in [0.3, 0.4) is 0 Å². The van der Waals surface area contributed by atoms with Gasteiger partial charge < -0.3 is 10.2 Å². The fourth-order valence-corrected chi connectivity index (χ4v) is 2.02. The summed E-state index contributed by atoms with van der Waals surface area (Å²) in [6.45, 7) is 4.75. The van der Waals surface area contributed by atoms with Gasteiger partial charge in [-0.2, -0.15) is 0 Å². The van der Waals surface area contributed by atoms with Gasteiger partial charge in [0.1, 0.15) is 0 Å². The zero-order valence-corrected chi connectivity index (χ0v) is 9.51. The highest BCUT2D eigenvalue weighted by Gasteiger charge is 2.07. The third kappa shape index (κ3) is 3.67. The zero-order chi connectivity index (χ0) is 10.4. The van der Waals surface area contributed by atoms with Crippen molar-refractivity contribution in [3.63, 3.8) is 0 Å². The normalized spacial score (nSPS) is 13.1. The van der Waals surface area contributed by atoms with E-state index in [9.17, 15) is 0 Å². The maximum Gasteiger partial charge on any atom is 0.276 e. The first-order chi connectivity index (χ1) is 6.76. The molecule has 0 fully saturated rings. The minimum atomic E-state index is 0.318. The van der Waals surface area contributed by atoms with E-state index in [0.717, 1.165) is 5.75 Å². The quantitative estimate of drug-likeness (QED) is 0.736. The Bertz CT molecular complexity index is 264. The van der Waals surface area contributed by atoms with Gasteiger partial charge in [-0.15, -0.1) is 10.2 Å². The molecule has 1 aromatic rings. The molecular weight excluding hydrogens is 198 g/mol. The van der Waals surface area contributed by atoms with Gasteiger partial charge in [-0.05, 0) is 5.92 Å². The monoisotopic (exact) mass is 215 g/mol. The van der Waals surface area contributed by atoms with E-state index in [1.165, 1.54) is 12.8 Å². The van der Waals surface area contributed by atoms with Crippen LogP contribution in [-0.4, -0.2) is 16.0 Å². The number of rotatable bonds is 6. The van der Waals surface area contributed by atoms with Gasteiger partial charge in [-0.25, -0.2) is 0 Å². The van der Waals surface area contributed by atoms with Gasteiger partial charge in [0.15, 0.2) is 0 Å². The van der Waals surface area contributed by atoms with Crippen molar-refractivity contribution in [1.82, 2.24) is 10.2 Å². The Balaban J connectivity index is 2.30.